The van der Waals surface area contributed by atoms with Crippen molar-refractivity contribution in [1.29, 1.82) is 0 Å². The van der Waals surface area contributed by atoms with Crippen LogP contribution in [-0.4, -0.2) is 49.8 Å². The van der Waals surface area contributed by atoms with E-state index >= 15 is 0 Å². The van der Waals surface area contributed by atoms with E-state index in [1.807, 2.05) is 0 Å². The van der Waals surface area contributed by atoms with Crippen molar-refractivity contribution in [3.8, 4) is 11.5 Å². The van der Waals surface area contributed by atoms with Crippen molar-refractivity contribution in [2.45, 2.75) is 6.42 Å². The normalized spacial score (nSPS) is 18.5. The zero-order valence-electron chi connectivity index (χ0n) is 11.3. The Labute approximate surface area is 112 Å². The highest BCUT2D eigenvalue weighted by atomic mass is 16.5. The van der Waals surface area contributed by atoms with Crippen molar-refractivity contribution >= 4 is 5.91 Å². The Morgan fingerprint density at radius 3 is 2.47 bits per heavy atom. The molecular weight excluding hydrogens is 246 g/mol. The van der Waals surface area contributed by atoms with Gasteiger partial charge in [-0.3, -0.25) is 4.79 Å². The molecule has 1 aromatic rings. The number of likely N-dealkylation sites (tertiary alicyclic amines) is 1. The Balaban J connectivity index is 2.28. The molecule has 0 saturated carbocycles. The van der Waals surface area contributed by atoms with Gasteiger partial charge in [0.2, 0.25) is 0 Å². The third-order valence-electron chi connectivity index (χ3n) is 3.47. The van der Waals surface area contributed by atoms with Gasteiger partial charge in [-0.05, 0) is 18.6 Å². The zero-order valence-corrected chi connectivity index (χ0v) is 11.3. The second-order valence-corrected chi connectivity index (χ2v) is 4.63. The number of carbonyl (C=O) groups is 1. The second kappa shape index (κ2) is 5.93. The van der Waals surface area contributed by atoms with Gasteiger partial charge in [0.1, 0.15) is 17.1 Å². The van der Waals surface area contributed by atoms with E-state index in [4.69, 9.17) is 14.6 Å². The number of aliphatic hydroxyl groups is 1. The third kappa shape index (κ3) is 2.66. The highest BCUT2D eigenvalue weighted by Crippen LogP contribution is 2.31. The molecule has 0 aliphatic carbocycles. The van der Waals surface area contributed by atoms with Crippen LogP contribution in [0.1, 0.15) is 16.8 Å². The van der Waals surface area contributed by atoms with Gasteiger partial charge < -0.3 is 19.5 Å². The number of nitrogens with zero attached hydrogens (tertiary/aromatic N) is 1. The Hall–Kier alpha value is -1.75. The molecule has 1 saturated heterocycles. The van der Waals surface area contributed by atoms with Crippen LogP contribution in [0.2, 0.25) is 0 Å². The van der Waals surface area contributed by atoms with Crippen molar-refractivity contribution in [3.05, 3.63) is 23.8 Å². The van der Waals surface area contributed by atoms with E-state index in [1.165, 1.54) is 14.2 Å². The molecule has 1 aromatic carbocycles. The van der Waals surface area contributed by atoms with Gasteiger partial charge in [-0.2, -0.15) is 0 Å². The number of amides is 1. The predicted molar refractivity (Wildman–Crippen MR) is 70.6 cm³/mol. The summed E-state index contributed by atoms with van der Waals surface area (Å²) in [7, 11) is 3.07. The van der Waals surface area contributed by atoms with Gasteiger partial charge in [0.05, 0.1) is 14.2 Å². The lowest BCUT2D eigenvalue weighted by Gasteiger charge is -2.19. The van der Waals surface area contributed by atoms with Crippen LogP contribution in [0.25, 0.3) is 0 Å². The first-order valence-electron chi connectivity index (χ1n) is 6.32. The fraction of sp³-hybridized carbons (Fsp3) is 0.500. The molecule has 5 heteroatoms. The monoisotopic (exact) mass is 265 g/mol. The van der Waals surface area contributed by atoms with Gasteiger partial charge in [0, 0.05) is 25.6 Å². The molecule has 1 N–H and O–H groups in total. The lowest BCUT2D eigenvalue weighted by Crippen LogP contribution is -2.29. The number of aliphatic hydroxyl groups excluding tert-OH is 1. The number of methoxy groups -OCH3 is 2. The number of benzene rings is 1. The molecule has 1 fully saturated rings. The summed E-state index contributed by atoms with van der Waals surface area (Å²) < 4.78 is 10.5. The van der Waals surface area contributed by atoms with Crippen molar-refractivity contribution in [2.24, 2.45) is 5.92 Å². The number of hydrogen-bond acceptors (Lipinski definition) is 4. The van der Waals surface area contributed by atoms with Gasteiger partial charge in [-0.25, -0.2) is 0 Å². The van der Waals surface area contributed by atoms with Crippen LogP contribution in [0.3, 0.4) is 0 Å². The maximum Gasteiger partial charge on any atom is 0.261 e. The molecule has 1 atom stereocenters. The summed E-state index contributed by atoms with van der Waals surface area (Å²) in [6.07, 6.45) is 0.833. The average Bonchev–Trinajstić information content (AvgIpc) is 2.94. The Bertz CT molecular complexity index is 439. The molecule has 1 unspecified atom stereocenters. The van der Waals surface area contributed by atoms with Crippen LogP contribution in [0.15, 0.2) is 18.2 Å². The summed E-state index contributed by atoms with van der Waals surface area (Å²) in [6.45, 7) is 1.36. The summed E-state index contributed by atoms with van der Waals surface area (Å²) in [4.78, 5) is 14.3. The largest absolute Gasteiger partial charge is 0.496 e. The van der Waals surface area contributed by atoms with Crippen molar-refractivity contribution < 1.29 is 19.4 Å². The number of carbonyl (C=O) groups excluding carboxylic acids is 1. The minimum Gasteiger partial charge on any atom is -0.496 e. The van der Waals surface area contributed by atoms with Gasteiger partial charge in [0.15, 0.2) is 0 Å². The highest BCUT2D eigenvalue weighted by Gasteiger charge is 2.29. The first-order chi connectivity index (χ1) is 9.21. The molecule has 5 nitrogen and oxygen atoms in total. The van der Waals surface area contributed by atoms with E-state index < -0.39 is 0 Å². The summed E-state index contributed by atoms with van der Waals surface area (Å²) in [6, 6.07) is 5.28. The third-order valence-corrected chi connectivity index (χ3v) is 3.47. The summed E-state index contributed by atoms with van der Waals surface area (Å²) in [5.41, 5.74) is 0.450. The highest BCUT2D eigenvalue weighted by molar-refractivity contribution is 5.99. The summed E-state index contributed by atoms with van der Waals surface area (Å²) >= 11 is 0. The van der Waals surface area contributed by atoms with Crippen LogP contribution < -0.4 is 9.47 Å². The van der Waals surface area contributed by atoms with Crippen molar-refractivity contribution in [3.63, 3.8) is 0 Å². The van der Waals surface area contributed by atoms with Crippen LogP contribution in [0.5, 0.6) is 11.5 Å². The molecule has 0 bridgehead atoms. The predicted octanol–water partition coefficient (Wildman–Crippen LogP) is 1.16. The van der Waals surface area contributed by atoms with E-state index in [0.717, 1.165) is 6.42 Å². The molecule has 104 valence electrons. The molecule has 1 amide bonds. The summed E-state index contributed by atoms with van der Waals surface area (Å²) in [5, 5.41) is 9.15. The number of hydrogen-bond donors (Lipinski definition) is 1. The number of ether oxygens (including phenoxy) is 2. The van der Waals surface area contributed by atoms with Crippen molar-refractivity contribution in [2.75, 3.05) is 33.9 Å². The number of rotatable bonds is 4. The molecular formula is C14H19NO4. The maximum atomic E-state index is 12.6. The van der Waals surface area contributed by atoms with E-state index in [0.29, 0.717) is 30.2 Å². The van der Waals surface area contributed by atoms with E-state index in [-0.39, 0.29) is 18.4 Å². The van der Waals surface area contributed by atoms with E-state index in [9.17, 15) is 4.79 Å². The molecule has 1 aliphatic rings. The minimum atomic E-state index is -0.106. The van der Waals surface area contributed by atoms with Crippen LogP contribution in [0.4, 0.5) is 0 Å². The Morgan fingerprint density at radius 2 is 2.00 bits per heavy atom. The lowest BCUT2D eigenvalue weighted by atomic mass is 10.1. The fourth-order valence-corrected chi connectivity index (χ4v) is 2.39. The average molecular weight is 265 g/mol. The van der Waals surface area contributed by atoms with Gasteiger partial charge in [0.25, 0.3) is 5.91 Å². The Kier molecular flexibility index (Phi) is 4.27. The van der Waals surface area contributed by atoms with Gasteiger partial charge >= 0.3 is 0 Å². The molecule has 2 rings (SSSR count). The minimum absolute atomic E-state index is 0.106. The molecule has 1 aliphatic heterocycles. The maximum absolute atomic E-state index is 12.6. The smallest absolute Gasteiger partial charge is 0.261 e. The van der Waals surface area contributed by atoms with E-state index in [2.05, 4.69) is 0 Å². The Morgan fingerprint density at radius 1 is 1.37 bits per heavy atom. The molecule has 0 spiro atoms. The van der Waals surface area contributed by atoms with E-state index in [1.54, 1.807) is 23.1 Å². The topological polar surface area (TPSA) is 59.0 Å². The standard InChI is InChI=1S/C14H19NO4/c1-18-11-4-3-5-12(19-2)13(11)14(17)15-7-6-10(8-15)9-16/h3-5,10,16H,6-9H2,1-2H3. The lowest BCUT2D eigenvalue weighted by molar-refractivity contribution is 0.0775. The van der Waals surface area contributed by atoms with Gasteiger partial charge in [-0.1, -0.05) is 6.07 Å². The van der Waals surface area contributed by atoms with Crippen molar-refractivity contribution in [1.82, 2.24) is 4.90 Å². The van der Waals surface area contributed by atoms with Crippen LogP contribution in [0, 0.1) is 5.92 Å². The summed E-state index contributed by atoms with van der Waals surface area (Å²) in [5.74, 6) is 1.09. The first kappa shape index (κ1) is 13.7. The molecule has 0 radical (unpaired) electrons. The van der Waals surface area contributed by atoms with Crippen LogP contribution >= 0.6 is 0 Å². The SMILES string of the molecule is COc1cccc(OC)c1C(=O)N1CCC(CO)C1. The molecule has 0 aromatic heterocycles. The van der Waals surface area contributed by atoms with Gasteiger partial charge in [-0.15, -0.1) is 0 Å². The zero-order chi connectivity index (χ0) is 13.8. The molecule has 19 heavy (non-hydrogen) atoms. The quantitative estimate of drug-likeness (QED) is 0.887. The van der Waals surface area contributed by atoms with Crippen LogP contribution in [-0.2, 0) is 0 Å². The second-order valence-electron chi connectivity index (χ2n) is 4.63. The molecule has 1 heterocycles. The fourth-order valence-electron chi connectivity index (χ4n) is 2.39. The first-order valence-corrected chi connectivity index (χ1v) is 6.32.